The molecule has 2 rings (SSSR count). The molecule has 19 heavy (non-hydrogen) atoms. The van der Waals surface area contributed by atoms with E-state index in [4.69, 9.17) is 10.5 Å². The third kappa shape index (κ3) is 3.44. The summed E-state index contributed by atoms with van der Waals surface area (Å²) >= 11 is 0. The third-order valence-electron chi connectivity index (χ3n) is 3.55. The predicted molar refractivity (Wildman–Crippen MR) is 71.7 cm³/mol. The Morgan fingerprint density at radius 3 is 2.79 bits per heavy atom. The summed E-state index contributed by atoms with van der Waals surface area (Å²) in [4.78, 5) is 11.1. The lowest BCUT2D eigenvalue weighted by Crippen LogP contribution is -2.23. The first-order chi connectivity index (χ1) is 9.08. The van der Waals surface area contributed by atoms with E-state index in [0.717, 1.165) is 32.6 Å². The number of carbonyl (C=O) groups is 1. The van der Waals surface area contributed by atoms with Crippen molar-refractivity contribution in [2.45, 2.75) is 19.8 Å². The van der Waals surface area contributed by atoms with Crippen LogP contribution in [0.25, 0.3) is 0 Å². The first-order valence-electron chi connectivity index (χ1n) is 6.49. The van der Waals surface area contributed by atoms with Gasteiger partial charge in [0.15, 0.2) is 0 Å². The molecule has 0 radical (unpaired) electrons. The molecule has 4 nitrogen and oxygen atoms in total. The minimum Gasteiger partial charge on any atom is -0.384 e. The fourth-order valence-corrected chi connectivity index (χ4v) is 2.21. The summed E-state index contributed by atoms with van der Waals surface area (Å²) in [7, 11) is 0. The lowest BCUT2D eigenvalue weighted by molar-refractivity contribution is 0.0699. The number of ether oxygens (including phenoxy) is 1. The summed E-state index contributed by atoms with van der Waals surface area (Å²) in [5, 5.41) is 3.22. The van der Waals surface area contributed by atoms with Crippen molar-refractivity contribution in [2.75, 3.05) is 25.1 Å². The minimum atomic E-state index is -0.618. The van der Waals surface area contributed by atoms with E-state index >= 15 is 0 Å². The lowest BCUT2D eigenvalue weighted by Gasteiger charge is -2.23. The van der Waals surface area contributed by atoms with Crippen molar-refractivity contribution in [2.24, 2.45) is 11.7 Å². The molecule has 0 bridgehead atoms. The van der Waals surface area contributed by atoms with Crippen LogP contribution in [0, 0.1) is 18.7 Å². The van der Waals surface area contributed by atoms with Gasteiger partial charge in [0.25, 0.3) is 0 Å². The smallest absolute Gasteiger partial charge is 0.248 e. The molecule has 0 aromatic heterocycles. The van der Waals surface area contributed by atoms with Crippen LogP contribution in [-0.2, 0) is 4.74 Å². The van der Waals surface area contributed by atoms with Gasteiger partial charge in [-0.05, 0) is 37.8 Å². The minimum absolute atomic E-state index is 0.192. The standard InChI is InChI=1S/C14H19FN2O2/c1-9-12(15)6-11(14(16)18)7-13(9)17-8-10-2-4-19-5-3-10/h6-7,10,17H,2-5,8H2,1H3,(H2,16,18). The van der Waals surface area contributed by atoms with E-state index < -0.39 is 11.7 Å². The van der Waals surface area contributed by atoms with Crippen molar-refractivity contribution in [1.82, 2.24) is 0 Å². The second kappa shape index (κ2) is 6.02. The van der Waals surface area contributed by atoms with Crippen molar-refractivity contribution in [1.29, 1.82) is 0 Å². The molecule has 0 aliphatic carbocycles. The summed E-state index contributed by atoms with van der Waals surface area (Å²) in [5.74, 6) is -0.507. The summed E-state index contributed by atoms with van der Waals surface area (Å²) in [6, 6.07) is 2.79. The maximum Gasteiger partial charge on any atom is 0.248 e. The zero-order chi connectivity index (χ0) is 13.8. The van der Waals surface area contributed by atoms with Crippen LogP contribution in [-0.4, -0.2) is 25.7 Å². The van der Waals surface area contributed by atoms with Gasteiger partial charge >= 0.3 is 0 Å². The number of halogens is 1. The van der Waals surface area contributed by atoms with E-state index in [1.807, 2.05) is 0 Å². The average Bonchev–Trinajstić information content (AvgIpc) is 2.41. The first-order valence-corrected chi connectivity index (χ1v) is 6.49. The fourth-order valence-electron chi connectivity index (χ4n) is 2.21. The van der Waals surface area contributed by atoms with Gasteiger partial charge in [0.05, 0.1) is 0 Å². The SMILES string of the molecule is Cc1c(F)cc(C(N)=O)cc1NCC1CCOCC1. The van der Waals surface area contributed by atoms with Crippen molar-refractivity contribution >= 4 is 11.6 Å². The van der Waals surface area contributed by atoms with Gasteiger partial charge in [-0.1, -0.05) is 0 Å². The second-order valence-corrected chi connectivity index (χ2v) is 4.93. The molecule has 1 aromatic carbocycles. The number of hydrogen-bond donors (Lipinski definition) is 2. The highest BCUT2D eigenvalue weighted by atomic mass is 19.1. The highest BCUT2D eigenvalue weighted by Crippen LogP contribution is 2.22. The molecule has 104 valence electrons. The molecule has 3 N–H and O–H groups in total. The highest BCUT2D eigenvalue weighted by molar-refractivity contribution is 5.94. The normalized spacial score (nSPS) is 16.3. The number of nitrogens with one attached hydrogen (secondary N) is 1. The van der Waals surface area contributed by atoms with Crippen LogP contribution in [0.3, 0.4) is 0 Å². The summed E-state index contributed by atoms with van der Waals surface area (Å²) in [6.07, 6.45) is 2.01. The van der Waals surface area contributed by atoms with Gasteiger partial charge in [0.2, 0.25) is 5.91 Å². The fraction of sp³-hybridized carbons (Fsp3) is 0.500. The monoisotopic (exact) mass is 266 g/mol. The van der Waals surface area contributed by atoms with Crippen LogP contribution in [0.4, 0.5) is 10.1 Å². The summed E-state index contributed by atoms with van der Waals surface area (Å²) in [6.45, 7) is 4.00. The highest BCUT2D eigenvalue weighted by Gasteiger charge is 2.15. The average molecular weight is 266 g/mol. The molecule has 0 atom stereocenters. The van der Waals surface area contributed by atoms with Gasteiger partial charge in [-0.15, -0.1) is 0 Å². The molecule has 1 fully saturated rings. The molecule has 1 heterocycles. The number of nitrogens with two attached hydrogens (primary N) is 1. The first kappa shape index (κ1) is 13.8. The van der Waals surface area contributed by atoms with E-state index in [1.165, 1.54) is 6.07 Å². The molecule has 0 unspecified atom stereocenters. The maximum atomic E-state index is 13.7. The Kier molecular flexibility index (Phi) is 4.37. The molecule has 5 heteroatoms. The second-order valence-electron chi connectivity index (χ2n) is 4.93. The van der Waals surface area contributed by atoms with Crippen LogP contribution in [0.1, 0.15) is 28.8 Å². The Hall–Kier alpha value is -1.62. The Balaban J connectivity index is 2.08. The molecule has 1 saturated heterocycles. The molecule has 0 saturated carbocycles. The Labute approximate surface area is 112 Å². The number of anilines is 1. The Morgan fingerprint density at radius 1 is 1.47 bits per heavy atom. The number of benzene rings is 1. The van der Waals surface area contributed by atoms with Gasteiger partial charge in [0.1, 0.15) is 5.82 Å². The van der Waals surface area contributed by atoms with Crippen molar-refractivity contribution in [3.8, 4) is 0 Å². The molecule has 0 spiro atoms. The van der Waals surface area contributed by atoms with Crippen LogP contribution >= 0.6 is 0 Å². The molecule has 1 aliphatic heterocycles. The maximum absolute atomic E-state index is 13.7. The van der Waals surface area contributed by atoms with Crippen molar-refractivity contribution < 1.29 is 13.9 Å². The third-order valence-corrected chi connectivity index (χ3v) is 3.55. The molecule has 1 amide bonds. The molecular formula is C14H19FN2O2. The van der Waals surface area contributed by atoms with E-state index in [0.29, 0.717) is 17.2 Å². The largest absolute Gasteiger partial charge is 0.384 e. The summed E-state index contributed by atoms with van der Waals surface area (Å²) < 4.78 is 19.0. The van der Waals surface area contributed by atoms with Crippen LogP contribution < -0.4 is 11.1 Å². The van der Waals surface area contributed by atoms with Crippen LogP contribution in [0.2, 0.25) is 0 Å². The van der Waals surface area contributed by atoms with Gasteiger partial charge in [-0.3, -0.25) is 4.79 Å². The van der Waals surface area contributed by atoms with E-state index in [2.05, 4.69) is 5.32 Å². The Bertz CT molecular complexity index is 471. The summed E-state index contributed by atoms with van der Waals surface area (Å²) in [5.41, 5.74) is 6.53. The number of hydrogen-bond acceptors (Lipinski definition) is 3. The quantitative estimate of drug-likeness (QED) is 0.877. The van der Waals surface area contributed by atoms with E-state index in [1.54, 1.807) is 13.0 Å². The lowest BCUT2D eigenvalue weighted by atomic mass is 10.00. The number of primary amides is 1. The van der Waals surface area contributed by atoms with Crippen LogP contribution in [0.15, 0.2) is 12.1 Å². The van der Waals surface area contributed by atoms with Gasteiger partial charge in [-0.25, -0.2) is 4.39 Å². The molecule has 1 aliphatic rings. The van der Waals surface area contributed by atoms with E-state index in [-0.39, 0.29) is 5.56 Å². The number of amides is 1. The predicted octanol–water partition coefficient (Wildman–Crippen LogP) is 2.07. The zero-order valence-electron chi connectivity index (χ0n) is 11.0. The topological polar surface area (TPSA) is 64.4 Å². The molecular weight excluding hydrogens is 247 g/mol. The van der Waals surface area contributed by atoms with Gasteiger partial charge < -0.3 is 15.8 Å². The Morgan fingerprint density at radius 2 is 2.16 bits per heavy atom. The number of carbonyl (C=O) groups excluding carboxylic acids is 1. The van der Waals surface area contributed by atoms with E-state index in [9.17, 15) is 9.18 Å². The zero-order valence-corrected chi connectivity index (χ0v) is 11.0. The van der Waals surface area contributed by atoms with Crippen molar-refractivity contribution in [3.05, 3.63) is 29.1 Å². The van der Waals surface area contributed by atoms with Gasteiger partial charge in [-0.2, -0.15) is 0 Å². The van der Waals surface area contributed by atoms with Crippen LogP contribution in [0.5, 0.6) is 0 Å². The van der Waals surface area contributed by atoms with Gasteiger partial charge in [0, 0.05) is 36.6 Å². The van der Waals surface area contributed by atoms with Crippen molar-refractivity contribution in [3.63, 3.8) is 0 Å². The molecule has 1 aromatic rings. The number of rotatable bonds is 4.